The number of aliphatic imine (C=N–C) groups is 1. The number of aromatic nitrogens is 4. The van der Waals surface area contributed by atoms with Crippen LogP contribution in [0.5, 0.6) is 0 Å². The van der Waals surface area contributed by atoms with Crippen molar-refractivity contribution in [2.24, 2.45) is 12.0 Å². The third kappa shape index (κ3) is 5.29. The molecule has 1 unspecified atom stereocenters. The maximum Gasteiger partial charge on any atom is 0.192 e. The van der Waals surface area contributed by atoms with Crippen LogP contribution < -0.4 is 10.6 Å². The van der Waals surface area contributed by atoms with Crippen molar-refractivity contribution in [3.63, 3.8) is 0 Å². The lowest BCUT2D eigenvalue weighted by Crippen LogP contribution is -2.44. The first kappa shape index (κ1) is 20.7. The molecular formula is C19H32N8S. The van der Waals surface area contributed by atoms with Crippen LogP contribution in [-0.2, 0) is 26.6 Å². The summed E-state index contributed by atoms with van der Waals surface area (Å²) in [6.45, 7) is 10.7. The molecule has 0 aromatic carbocycles. The lowest BCUT2D eigenvalue weighted by molar-refractivity contribution is 0.267. The van der Waals surface area contributed by atoms with Crippen molar-refractivity contribution in [2.75, 3.05) is 19.6 Å². The Morgan fingerprint density at radius 2 is 2.18 bits per heavy atom. The van der Waals surface area contributed by atoms with Crippen molar-refractivity contribution in [3.8, 4) is 0 Å². The van der Waals surface area contributed by atoms with Crippen LogP contribution in [0.15, 0.2) is 11.2 Å². The molecule has 3 rings (SSSR count). The molecule has 1 saturated heterocycles. The molecule has 0 radical (unpaired) electrons. The van der Waals surface area contributed by atoms with Crippen molar-refractivity contribution in [2.45, 2.75) is 59.2 Å². The van der Waals surface area contributed by atoms with Gasteiger partial charge in [-0.3, -0.25) is 4.90 Å². The molecule has 0 bridgehead atoms. The molecule has 0 amide bonds. The van der Waals surface area contributed by atoms with Crippen LogP contribution in [0, 0.1) is 6.92 Å². The molecular weight excluding hydrogens is 372 g/mol. The minimum atomic E-state index is 0.493. The first-order valence-electron chi connectivity index (χ1n) is 10.1. The van der Waals surface area contributed by atoms with Crippen LogP contribution in [0.25, 0.3) is 0 Å². The fourth-order valence-corrected chi connectivity index (χ4v) is 4.22. The Bertz CT molecular complexity index is 781. The second-order valence-electron chi connectivity index (χ2n) is 7.12. The molecule has 2 N–H and O–H groups in total. The van der Waals surface area contributed by atoms with Crippen molar-refractivity contribution >= 4 is 17.3 Å². The maximum absolute atomic E-state index is 4.75. The Morgan fingerprint density at radius 3 is 2.86 bits per heavy atom. The number of hydrogen-bond donors (Lipinski definition) is 2. The van der Waals surface area contributed by atoms with Crippen LogP contribution in [0.2, 0.25) is 0 Å². The van der Waals surface area contributed by atoms with Crippen molar-refractivity contribution in [1.82, 2.24) is 35.3 Å². The highest BCUT2D eigenvalue weighted by Crippen LogP contribution is 2.16. The van der Waals surface area contributed by atoms with Gasteiger partial charge in [0.05, 0.1) is 6.54 Å². The van der Waals surface area contributed by atoms with Gasteiger partial charge in [0, 0.05) is 30.7 Å². The van der Waals surface area contributed by atoms with Crippen molar-refractivity contribution in [3.05, 3.63) is 27.7 Å². The summed E-state index contributed by atoms with van der Waals surface area (Å²) in [5, 5.41) is 16.4. The normalized spacial score (nSPS) is 18.0. The number of thiazole rings is 1. The van der Waals surface area contributed by atoms with Gasteiger partial charge in [-0.25, -0.2) is 9.98 Å². The number of rotatable bonds is 8. The van der Waals surface area contributed by atoms with Crippen LogP contribution in [-0.4, -0.2) is 56.3 Å². The topological polar surface area (TPSA) is 83.3 Å². The summed E-state index contributed by atoms with van der Waals surface area (Å²) in [5.74, 6) is 2.56. The standard InChI is InChI=1S/C19H32N8S/c1-5-16-11-20-18(28-16)13-23-19(21-10-15-8-7-9-27(15)6-2)22-12-17-25-24-14(3)26(17)4/h11,15H,5-10,12-13H2,1-4H3,(H2,21,22,23). The smallest absolute Gasteiger partial charge is 0.192 e. The van der Waals surface area contributed by atoms with Crippen LogP contribution in [0.3, 0.4) is 0 Å². The van der Waals surface area contributed by atoms with Gasteiger partial charge in [0.15, 0.2) is 11.8 Å². The zero-order valence-corrected chi connectivity index (χ0v) is 18.2. The zero-order chi connectivity index (χ0) is 19.9. The van der Waals surface area contributed by atoms with Gasteiger partial charge in [-0.2, -0.15) is 0 Å². The summed E-state index contributed by atoms with van der Waals surface area (Å²) in [6, 6.07) is 0.570. The second kappa shape index (κ2) is 9.97. The van der Waals surface area contributed by atoms with Gasteiger partial charge in [-0.1, -0.05) is 13.8 Å². The van der Waals surface area contributed by atoms with E-state index in [2.05, 4.69) is 44.6 Å². The van der Waals surface area contributed by atoms with Crippen LogP contribution in [0.4, 0.5) is 0 Å². The Kier molecular flexibility index (Phi) is 7.38. The van der Waals surface area contributed by atoms with Gasteiger partial charge < -0.3 is 15.2 Å². The Hall–Kier alpha value is -2.00. The molecule has 1 atom stereocenters. The van der Waals surface area contributed by atoms with E-state index in [9.17, 15) is 0 Å². The van der Waals surface area contributed by atoms with E-state index in [4.69, 9.17) is 4.99 Å². The lowest BCUT2D eigenvalue weighted by Gasteiger charge is -2.24. The lowest BCUT2D eigenvalue weighted by atomic mass is 10.2. The average molecular weight is 405 g/mol. The molecule has 0 spiro atoms. The molecule has 1 fully saturated rings. The van der Waals surface area contributed by atoms with Gasteiger partial charge in [-0.15, -0.1) is 21.5 Å². The minimum absolute atomic E-state index is 0.493. The van der Waals surface area contributed by atoms with Crippen LogP contribution in [0.1, 0.15) is 48.2 Å². The number of hydrogen-bond acceptors (Lipinski definition) is 6. The molecule has 28 heavy (non-hydrogen) atoms. The number of aryl methyl sites for hydroxylation is 2. The van der Waals surface area contributed by atoms with Crippen molar-refractivity contribution in [1.29, 1.82) is 0 Å². The highest BCUT2D eigenvalue weighted by atomic mass is 32.1. The van der Waals surface area contributed by atoms with E-state index in [-0.39, 0.29) is 0 Å². The fraction of sp³-hybridized carbons (Fsp3) is 0.684. The quantitative estimate of drug-likeness (QED) is 0.516. The largest absolute Gasteiger partial charge is 0.355 e. The van der Waals surface area contributed by atoms with Crippen molar-refractivity contribution < 1.29 is 0 Å². The van der Waals surface area contributed by atoms with Gasteiger partial charge >= 0.3 is 0 Å². The third-order valence-electron chi connectivity index (χ3n) is 5.33. The number of guanidine groups is 1. The van der Waals surface area contributed by atoms with E-state index in [1.54, 1.807) is 11.3 Å². The molecule has 3 heterocycles. The van der Waals surface area contributed by atoms with Gasteiger partial charge in [0.1, 0.15) is 17.4 Å². The zero-order valence-electron chi connectivity index (χ0n) is 17.4. The Labute approximate surface area is 171 Å². The number of nitrogens with zero attached hydrogens (tertiary/aromatic N) is 6. The number of likely N-dealkylation sites (N-methyl/N-ethyl adjacent to an activating group) is 1. The highest BCUT2D eigenvalue weighted by molar-refractivity contribution is 7.11. The summed E-state index contributed by atoms with van der Waals surface area (Å²) in [5.41, 5.74) is 0. The number of likely N-dealkylation sites (tertiary alicyclic amines) is 1. The highest BCUT2D eigenvalue weighted by Gasteiger charge is 2.22. The second-order valence-corrected chi connectivity index (χ2v) is 8.32. The minimum Gasteiger partial charge on any atom is -0.355 e. The van der Waals surface area contributed by atoms with Crippen LogP contribution >= 0.6 is 11.3 Å². The molecule has 154 valence electrons. The van der Waals surface area contributed by atoms with Gasteiger partial charge in [-0.05, 0) is 39.3 Å². The predicted octanol–water partition coefficient (Wildman–Crippen LogP) is 1.86. The summed E-state index contributed by atoms with van der Waals surface area (Å²) >= 11 is 1.75. The molecule has 1 aliphatic heterocycles. The number of nitrogens with one attached hydrogen (secondary N) is 2. The molecule has 8 nitrogen and oxygen atoms in total. The maximum atomic E-state index is 4.75. The van der Waals surface area contributed by atoms with E-state index >= 15 is 0 Å². The molecule has 1 aliphatic rings. The van der Waals surface area contributed by atoms with Gasteiger partial charge in [0.25, 0.3) is 0 Å². The van der Waals surface area contributed by atoms with E-state index in [1.165, 1.54) is 24.3 Å². The Morgan fingerprint density at radius 1 is 1.32 bits per heavy atom. The third-order valence-corrected chi connectivity index (χ3v) is 6.47. The van der Waals surface area contributed by atoms with E-state index < -0.39 is 0 Å². The first-order chi connectivity index (χ1) is 13.6. The summed E-state index contributed by atoms with van der Waals surface area (Å²) in [7, 11) is 1.97. The van der Waals surface area contributed by atoms with Gasteiger partial charge in [0.2, 0.25) is 0 Å². The fourth-order valence-electron chi connectivity index (χ4n) is 3.42. The molecule has 2 aromatic heterocycles. The summed E-state index contributed by atoms with van der Waals surface area (Å²) in [6.07, 6.45) is 5.50. The molecule has 2 aromatic rings. The van der Waals surface area contributed by atoms with E-state index in [0.29, 0.717) is 19.1 Å². The molecule has 9 heteroatoms. The first-order valence-corrected chi connectivity index (χ1v) is 11.0. The predicted molar refractivity (Wildman–Crippen MR) is 113 cm³/mol. The molecule has 0 saturated carbocycles. The van der Waals surface area contributed by atoms with E-state index in [0.717, 1.165) is 42.1 Å². The molecule has 0 aliphatic carbocycles. The average Bonchev–Trinajstić information content (AvgIpc) is 3.43. The SMILES string of the molecule is CCc1cnc(CNC(=NCc2nnc(C)n2C)NCC2CCCN2CC)s1. The van der Waals surface area contributed by atoms with E-state index in [1.807, 2.05) is 24.7 Å². The summed E-state index contributed by atoms with van der Waals surface area (Å²) in [4.78, 5) is 13.1. The Balaban J connectivity index is 1.63. The monoisotopic (exact) mass is 404 g/mol. The summed E-state index contributed by atoms with van der Waals surface area (Å²) < 4.78 is 1.98.